The van der Waals surface area contributed by atoms with Crippen LogP contribution in [0, 0.1) is 5.41 Å². The van der Waals surface area contributed by atoms with Crippen molar-refractivity contribution in [1.29, 1.82) is 0 Å². The molecule has 0 bridgehead atoms. The molecule has 0 aromatic heterocycles. The standard InChI is InChI=1S/C6H14O3.6C4H6O2/c1-2-6(3-7,4-8)5-9;6*1-3(2)4(5)6/h7-9H,2-5H2,1H3;6*1H2,2H3,(H,5,6). The lowest BCUT2D eigenvalue weighted by molar-refractivity contribution is -0.133. The molecule has 0 rings (SSSR count). The second kappa shape index (κ2) is 33.6. The van der Waals surface area contributed by atoms with E-state index in [1.54, 1.807) is 0 Å². The number of aliphatic hydroxyl groups is 3. The van der Waals surface area contributed by atoms with Crippen molar-refractivity contribution >= 4 is 35.8 Å². The molecule has 0 fully saturated rings. The Labute approximate surface area is 263 Å². The Kier molecular flexibility index (Phi) is 41.9. The third kappa shape index (κ3) is 55.7. The summed E-state index contributed by atoms with van der Waals surface area (Å²) in [7, 11) is 0. The van der Waals surface area contributed by atoms with Gasteiger partial charge in [-0.15, -0.1) is 0 Å². The summed E-state index contributed by atoms with van der Waals surface area (Å²) in [4.78, 5) is 57.6. The van der Waals surface area contributed by atoms with Crippen LogP contribution in [0.1, 0.15) is 54.9 Å². The minimum Gasteiger partial charge on any atom is -0.478 e. The van der Waals surface area contributed by atoms with Crippen LogP contribution in [0.5, 0.6) is 0 Å². The zero-order valence-corrected chi connectivity index (χ0v) is 27.0. The van der Waals surface area contributed by atoms with Crippen LogP contribution in [0.3, 0.4) is 0 Å². The number of aliphatic hydroxyl groups excluding tert-OH is 3. The first-order chi connectivity index (χ1) is 20.1. The minimum absolute atomic E-state index is 0.156. The van der Waals surface area contributed by atoms with Gasteiger partial charge in [0.1, 0.15) is 0 Å². The summed E-state index contributed by atoms with van der Waals surface area (Å²) in [5.41, 5.74) is 0.389. The predicted molar refractivity (Wildman–Crippen MR) is 169 cm³/mol. The van der Waals surface area contributed by atoms with Gasteiger partial charge in [-0.05, 0) is 48.0 Å². The molecule has 15 nitrogen and oxygen atoms in total. The van der Waals surface area contributed by atoms with Crippen LogP contribution in [0.15, 0.2) is 72.9 Å². The fraction of sp³-hybridized carbons (Fsp3) is 0.400. The molecule has 9 N–H and O–H groups in total. The fourth-order valence-corrected chi connectivity index (χ4v) is 0.485. The zero-order chi connectivity index (χ0) is 38.3. The Morgan fingerprint density at radius 1 is 0.400 bits per heavy atom. The normalized spacial score (nSPS) is 8.40. The highest BCUT2D eigenvalue weighted by molar-refractivity contribution is 5.86. The van der Waals surface area contributed by atoms with Gasteiger partial charge < -0.3 is 46.0 Å². The van der Waals surface area contributed by atoms with Crippen LogP contribution >= 0.6 is 0 Å². The van der Waals surface area contributed by atoms with E-state index in [9.17, 15) is 28.8 Å². The summed E-state index contributed by atoms with van der Waals surface area (Å²) >= 11 is 0. The van der Waals surface area contributed by atoms with Crippen molar-refractivity contribution in [3.05, 3.63) is 72.9 Å². The van der Waals surface area contributed by atoms with E-state index in [4.69, 9.17) is 46.0 Å². The van der Waals surface area contributed by atoms with E-state index in [0.717, 1.165) is 0 Å². The second-order valence-corrected chi connectivity index (χ2v) is 8.84. The van der Waals surface area contributed by atoms with E-state index in [1.807, 2.05) is 6.92 Å². The van der Waals surface area contributed by atoms with E-state index in [2.05, 4.69) is 39.5 Å². The lowest BCUT2D eigenvalue weighted by atomic mass is 9.88. The number of hydrogen-bond acceptors (Lipinski definition) is 9. The van der Waals surface area contributed by atoms with E-state index in [1.165, 1.54) is 41.5 Å². The van der Waals surface area contributed by atoms with Gasteiger partial charge in [-0.25, -0.2) is 28.8 Å². The smallest absolute Gasteiger partial charge is 0.330 e. The minimum atomic E-state index is -0.935. The Balaban J connectivity index is -0.0000000754. The number of carboxylic acid groups (broad SMARTS) is 6. The second-order valence-electron chi connectivity index (χ2n) is 8.84. The van der Waals surface area contributed by atoms with Gasteiger partial charge in [0.05, 0.1) is 19.8 Å². The first-order valence-corrected chi connectivity index (χ1v) is 12.3. The Bertz CT molecular complexity index is 754. The summed E-state index contributed by atoms with van der Waals surface area (Å²) in [5.74, 6) is -5.61. The van der Waals surface area contributed by atoms with Crippen molar-refractivity contribution in [3.63, 3.8) is 0 Å². The van der Waals surface area contributed by atoms with Crippen molar-refractivity contribution < 1.29 is 74.7 Å². The molecule has 0 heterocycles. The highest BCUT2D eigenvalue weighted by Crippen LogP contribution is 2.18. The molecule has 0 saturated heterocycles. The highest BCUT2D eigenvalue weighted by Gasteiger charge is 2.24. The van der Waals surface area contributed by atoms with E-state index in [-0.39, 0.29) is 53.3 Å². The van der Waals surface area contributed by atoms with Crippen LogP contribution < -0.4 is 0 Å². The monoisotopic (exact) mass is 650 g/mol. The maximum atomic E-state index is 9.60. The van der Waals surface area contributed by atoms with Crippen molar-refractivity contribution in [2.24, 2.45) is 5.41 Å². The molecule has 0 aromatic carbocycles. The van der Waals surface area contributed by atoms with Gasteiger partial charge in [0.2, 0.25) is 0 Å². The number of carbonyl (C=O) groups is 6. The van der Waals surface area contributed by atoms with Gasteiger partial charge in [0, 0.05) is 38.9 Å². The first kappa shape index (κ1) is 56.0. The maximum Gasteiger partial charge on any atom is 0.330 e. The number of rotatable bonds is 10. The molecule has 0 spiro atoms. The van der Waals surface area contributed by atoms with E-state index < -0.39 is 41.2 Å². The molecular formula is C30H50O15. The van der Waals surface area contributed by atoms with Gasteiger partial charge in [0.25, 0.3) is 0 Å². The molecule has 0 amide bonds. The lowest BCUT2D eigenvalue weighted by Crippen LogP contribution is -2.32. The van der Waals surface area contributed by atoms with Gasteiger partial charge in [0.15, 0.2) is 0 Å². The summed E-state index contributed by atoms with van der Waals surface area (Å²) in [5, 5.41) is 73.3. The van der Waals surface area contributed by atoms with E-state index in [0.29, 0.717) is 6.42 Å². The fourth-order valence-electron chi connectivity index (χ4n) is 0.485. The average Bonchev–Trinajstić information content (AvgIpc) is 2.92. The summed E-state index contributed by atoms with van der Waals surface area (Å²) in [6, 6.07) is 0. The molecule has 0 unspecified atom stereocenters. The van der Waals surface area contributed by atoms with Crippen LogP contribution in [0.2, 0.25) is 0 Å². The predicted octanol–water partition coefficient (Wildman–Crippen LogP) is 3.24. The number of carboxylic acids is 6. The molecule has 0 atom stereocenters. The zero-order valence-electron chi connectivity index (χ0n) is 27.0. The van der Waals surface area contributed by atoms with Crippen molar-refractivity contribution in [2.45, 2.75) is 54.9 Å². The third-order valence-corrected chi connectivity index (χ3v) is 3.95. The van der Waals surface area contributed by atoms with Gasteiger partial charge in [-0.3, -0.25) is 0 Å². The highest BCUT2D eigenvalue weighted by atomic mass is 16.4. The quantitative estimate of drug-likeness (QED) is 0.153. The topological polar surface area (TPSA) is 284 Å². The van der Waals surface area contributed by atoms with Crippen molar-refractivity contribution in [1.82, 2.24) is 0 Å². The Morgan fingerprint density at radius 3 is 0.489 bits per heavy atom. The average molecular weight is 651 g/mol. The Morgan fingerprint density at radius 2 is 0.489 bits per heavy atom. The summed E-state index contributed by atoms with van der Waals surface area (Å²) in [6.45, 7) is 29.0. The maximum absolute atomic E-state index is 9.60. The molecule has 0 aliphatic heterocycles. The Hall–Kier alpha value is -4.86. The molecule has 260 valence electrons. The molecule has 0 radical (unpaired) electrons. The van der Waals surface area contributed by atoms with Gasteiger partial charge in [-0.1, -0.05) is 46.4 Å². The van der Waals surface area contributed by atoms with Gasteiger partial charge >= 0.3 is 35.8 Å². The molecule has 15 heteroatoms. The van der Waals surface area contributed by atoms with Crippen LogP contribution in [0.4, 0.5) is 0 Å². The van der Waals surface area contributed by atoms with Crippen molar-refractivity contribution in [3.8, 4) is 0 Å². The summed E-state index contributed by atoms with van der Waals surface area (Å²) < 4.78 is 0. The van der Waals surface area contributed by atoms with Crippen molar-refractivity contribution in [2.75, 3.05) is 19.8 Å². The molecule has 45 heavy (non-hydrogen) atoms. The van der Waals surface area contributed by atoms with Crippen LogP contribution in [0.25, 0.3) is 0 Å². The first-order valence-electron chi connectivity index (χ1n) is 12.3. The lowest BCUT2D eigenvalue weighted by Gasteiger charge is -2.24. The van der Waals surface area contributed by atoms with Crippen LogP contribution in [-0.4, -0.2) is 102 Å². The molecule has 0 aromatic rings. The van der Waals surface area contributed by atoms with Crippen LogP contribution in [-0.2, 0) is 28.8 Å². The van der Waals surface area contributed by atoms with E-state index >= 15 is 0 Å². The number of aliphatic carboxylic acids is 6. The SMILES string of the molecule is C=C(C)C(=O)O.C=C(C)C(=O)O.C=C(C)C(=O)O.C=C(C)C(=O)O.C=C(C)C(=O)O.C=C(C)C(=O)O.CCC(CO)(CO)CO. The molecule has 0 aliphatic rings. The van der Waals surface area contributed by atoms with Gasteiger partial charge in [-0.2, -0.15) is 0 Å². The number of hydrogen-bond donors (Lipinski definition) is 9. The molecule has 0 aliphatic carbocycles. The largest absolute Gasteiger partial charge is 0.478 e. The molecule has 0 saturated carbocycles. The molecular weight excluding hydrogens is 600 g/mol. The summed E-state index contributed by atoms with van der Waals surface area (Å²) in [6.07, 6.45) is 0.594. The third-order valence-electron chi connectivity index (χ3n) is 3.95.